The second-order valence-electron chi connectivity index (χ2n) is 3.36. The van der Waals surface area contributed by atoms with Gasteiger partial charge in [-0.3, -0.25) is 4.79 Å². The summed E-state index contributed by atoms with van der Waals surface area (Å²) in [5.74, 6) is 0.141. The van der Waals surface area contributed by atoms with Crippen molar-refractivity contribution in [2.75, 3.05) is 33.7 Å². The minimum absolute atomic E-state index is 0.141. The van der Waals surface area contributed by atoms with Crippen molar-refractivity contribution in [1.82, 2.24) is 15.5 Å². The van der Waals surface area contributed by atoms with Gasteiger partial charge in [0.1, 0.15) is 0 Å². The highest BCUT2D eigenvalue weighted by Gasteiger charge is 2.14. The zero-order valence-corrected chi connectivity index (χ0v) is 7.76. The summed E-state index contributed by atoms with van der Waals surface area (Å²) in [5.41, 5.74) is 0. The van der Waals surface area contributed by atoms with Gasteiger partial charge < -0.3 is 15.5 Å². The average molecular weight is 171 g/mol. The van der Waals surface area contributed by atoms with E-state index in [4.69, 9.17) is 0 Å². The molecule has 1 rings (SSSR count). The van der Waals surface area contributed by atoms with Crippen molar-refractivity contribution in [2.24, 2.45) is 0 Å². The van der Waals surface area contributed by atoms with Crippen LogP contribution < -0.4 is 10.6 Å². The first-order valence-electron chi connectivity index (χ1n) is 4.34. The van der Waals surface area contributed by atoms with Gasteiger partial charge in [-0.15, -0.1) is 0 Å². The molecule has 0 radical (unpaired) electrons. The van der Waals surface area contributed by atoms with E-state index in [0.717, 1.165) is 19.5 Å². The molecule has 1 amide bonds. The molecule has 4 nitrogen and oxygen atoms in total. The molecule has 1 aliphatic heterocycles. The van der Waals surface area contributed by atoms with Crippen molar-refractivity contribution in [3.8, 4) is 0 Å². The zero-order chi connectivity index (χ0) is 8.97. The minimum atomic E-state index is 0.141. The Morgan fingerprint density at radius 1 is 1.67 bits per heavy atom. The van der Waals surface area contributed by atoms with E-state index in [1.165, 1.54) is 0 Å². The second kappa shape index (κ2) is 4.42. The van der Waals surface area contributed by atoms with E-state index in [-0.39, 0.29) is 5.91 Å². The van der Waals surface area contributed by atoms with Crippen LogP contribution in [0.3, 0.4) is 0 Å². The fourth-order valence-corrected chi connectivity index (χ4v) is 1.22. The Labute approximate surface area is 73.3 Å². The van der Waals surface area contributed by atoms with Crippen LogP contribution in [0.1, 0.15) is 6.42 Å². The summed E-state index contributed by atoms with van der Waals surface area (Å²) in [6.07, 6.45) is 1.13. The molecule has 12 heavy (non-hydrogen) atoms. The summed E-state index contributed by atoms with van der Waals surface area (Å²) in [5, 5.41) is 6.45. The van der Waals surface area contributed by atoms with Crippen LogP contribution in [0.2, 0.25) is 0 Å². The molecule has 1 saturated heterocycles. The lowest BCUT2D eigenvalue weighted by Crippen LogP contribution is -2.39. The number of hydrogen-bond acceptors (Lipinski definition) is 3. The topological polar surface area (TPSA) is 44.4 Å². The predicted molar refractivity (Wildman–Crippen MR) is 48.0 cm³/mol. The van der Waals surface area contributed by atoms with Gasteiger partial charge in [-0.25, -0.2) is 0 Å². The van der Waals surface area contributed by atoms with Crippen LogP contribution in [0.5, 0.6) is 0 Å². The molecule has 0 aliphatic carbocycles. The van der Waals surface area contributed by atoms with Crippen molar-refractivity contribution in [1.29, 1.82) is 0 Å². The van der Waals surface area contributed by atoms with Gasteiger partial charge in [0.15, 0.2) is 0 Å². The van der Waals surface area contributed by atoms with Crippen molar-refractivity contribution in [3.05, 3.63) is 0 Å². The fraction of sp³-hybridized carbons (Fsp3) is 0.875. The van der Waals surface area contributed by atoms with Crippen molar-refractivity contribution < 1.29 is 4.79 Å². The SMILES string of the molecule is CN(C)C(=O)CNC1CCNC1. The standard InChI is InChI=1S/C8H17N3O/c1-11(2)8(12)6-10-7-3-4-9-5-7/h7,9-10H,3-6H2,1-2H3. The number of likely N-dealkylation sites (N-methyl/N-ethyl adjacent to an activating group) is 1. The highest BCUT2D eigenvalue weighted by atomic mass is 16.2. The summed E-state index contributed by atoms with van der Waals surface area (Å²) < 4.78 is 0. The molecule has 1 atom stereocenters. The summed E-state index contributed by atoms with van der Waals surface area (Å²) in [6, 6.07) is 0.480. The number of amides is 1. The normalized spacial score (nSPS) is 22.7. The van der Waals surface area contributed by atoms with Crippen LogP contribution >= 0.6 is 0 Å². The molecule has 70 valence electrons. The van der Waals surface area contributed by atoms with E-state index in [9.17, 15) is 4.79 Å². The Kier molecular flexibility index (Phi) is 3.49. The second-order valence-corrected chi connectivity index (χ2v) is 3.36. The van der Waals surface area contributed by atoms with Gasteiger partial charge in [0, 0.05) is 26.7 Å². The molecule has 0 aromatic rings. The molecule has 1 heterocycles. The lowest BCUT2D eigenvalue weighted by molar-refractivity contribution is -0.127. The summed E-state index contributed by atoms with van der Waals surface area (Å²) in [6.45, 7) is 2.51. The lowest BCUT2D eigenvalue weighted by Gasteiger charge is -2.14. The quantitative estimate of drug-likeness (QED) is 0.574. The third kappa shape index (κ3) is 2.79. The smallest absolute Gasteiger partial charge is 0.236 e. The van der Waals surface area contributed by atoms with Gasteiger partial charge in [-0.1, -0.05) is 0 Å². The van der Waals surface area contributed by atoms with Gasteiger partial charge in [0.25, 0.3) is 0 Å². The van der Waals surface area contributed by atoms with E-state index in [2.05, 4.69) is 10.6 Å². The Hall–Kier alpha value is -0.610. The molecule has 2 N–H and O–H groups in total. The average Bonchev–Trinajstić information content (AvgIpc) is 2.51. The first-order chi connectivity index (χ1) is 5.70. The van der Waals surface area contributed by atoms with Gasteiger partial charge in [0.05, 0.1) is 6.54 Å². The van der Waals surface area contributed by atoms with E-state index >= 15 is 0 Å². The fourth-order valence-electron chi connectivity index (χ4n) is 1.22. The lowest BCUT2D eigenvalue weighted by atomic mass is 10.2. The van der Waals surface area contributed by atoms with Crippen LogP contribution in [0.15, 0.2) is 0 Å². The van der Waals surface area contributed by atoms with Gasteiger partial charge in [-0.2, -0.15) is 0 Å². The van der Waals surface area contributed by atoms with E-state index in [1.54, 1.807) is 19.0 Å². The highest BCUT2D eigenvalue weighted by Crippen LogP contribution is 1.95. The molecule has 0 bridgehead atoms. The zero-order valence-electron chi connectivity index (χ0n) is 7.76. The Bertz CT molecular complexity index is 152. The van der Waals surface area contributed by atoms with Crippen LogP contribution in [0.25, 0.3) is 0 Å². The molecule has 0 aromatic heterocycles. The first kappa shape index (κ1) is 9.48. The molecule has 1 fully saturated rings. The summed E-state index contributed by atoms with van der Waals surface area (Å²) in [7, 11) is 3.55. The maximum Gasteiger partial charge on any atom is 0.236 e. The maximum absolute atomic E-state index is 11.1. The van der Waals surface area contributed by atoms with Crippen molar-refractivity contribution >= 4 is 5.91 Å². The highest BCUT2D eigenvalue weighted by molar-refractivity contribution is 5.77. The molecule has 1 unspecified atom stereocenters. The molecule has 1 aliphatic rings. The monoisotopic (exact) mass is 171 g/mol. The van der Waals surface area contributed by atoms with Crippen LogP contribution in [-0.2, 0) is 4.79 Å². The molecule has 0 saturated carbocycles. The molecule has 4 heteroatoms. The number of carbonyl (C=O) groups excluding carboxylic acids is 1. The molecule has 0 aromatic carbocycles. The van der Waals surface area contributed by atoms with Gasteiger partial charge in [0.2, 0.25) is 5.91 Å². The van der Waals surface area contributed by atoms with E-state index in [0.29, 0.717) is 12.6 Å². The largest absolute Gasteiger partial charge is 0.348 e. The van der Waals surface area contributed by atoms with Crippen molar-refractivity contribution in [2.45, 2.75) is 12.5 Å². The van der Waals surface area contributed by atoms with Gasteiger partial charge >= 0.3 is 0 Å². The third-order valence-corrected chi connectivity index (χ3v) is 2.10. The van der Waals surface area contributed by atoms with Crippen molar-refractivity contribution in [3.63, 3.8) is 0 Å². The number of nitrogens with zero attached hydrogens (tertiary/aromatic N) is 1. The first-order valence-corrected chi connectivity index (χ1v) is 4.34. The van der Waals surface area contributed by atoms with E-state index in [1.807, 2.05) is 0 Å². The Balaban J connectivity index is 2.12. The summed E-state index contributed by atoms with van der Waals surface area (Å²) >= 11 is 0. The third-order valence-electron chi connectivity index (χ3n) is 2.10. The number of nitrogens with one attached hydrogen (secondary N) is 2. The Morgan fingerprint density at radius 2 is 2.42 bits per heavy atom. The van der Waals surface area contributed by atoms with E-state index < -0.39 is 0 Å². The molecule has 0 spiro atoms. The Morgan fingerprint density at radius 3 is 2.92 bits per heavy atom. The van der Waals surface area contributed by atoms with Crippen LogP contribution in [0.4, 0.5) is 0 Å². The van der Waals surface area contributed by atoms with Gasteiger partial charge in [-0.05, 0) is 13.0 Å². The number of carbonyl (C=O) groups is 1. The molecular formula is C8H17N3O. The summed E-state index contributed by atoms with van der Waals surface area (Å²) in [4.78, 5) is 12.7. The maximum atomic E-state index is 11.1. The predicted octanol–water partition coefficient (Wildman–Crippen LogP) is -0.974. The minimum Gasteiger partial charge on any atom is -0.348 e. The number of hydrogen-bond donors (Lipinski definition) is 2. The van der Waals surface area contributed by atoms with Crippen LogP contribution in [-0.4, -0.2) is 50.6 Å². The molecular weight excluding hydrogens is 154 g/mol. The number of rotatable bonds is 3. The van der Waals surface area contributed by atoms with Crippen LogP contribution in [0, 0.1) is 0 Å².